The number of methoxy groups -OCH3 is 1. The van der Waals surface area contributed by atoms with Crippen LogP contribution in [0.3, 0.4) is 0 Å². The van der Waals surface area contributed by atoms with Crippen molar-refractivity contribution in [3.63, 3.8) is 0 Å². The van der Waals surface area contributed by atoms with Crippen molar-refractivity contribution in [3.05, 3.63) is 0 Å². The molecule has 0 spiro atoms. The molecular weight excluding hydrogens is 266 g/mol. The van der Waals surface area contributed by atoms with Crippen LogP contribution in [-0.4, -0.2) is 40.4 Å². The molecule has 0 aromatic carbocycles. The highest BCUT2D eigenvalue weighted by Crippen LogP contribution is 2.47. The van der Waals surface area contributed by atoms with Crippen LogP contribution in [0.2, 0.25) is 6.04 Å². The summed E-state index contributed by atoms with van der Waals surface area (Å²) in [7, 11) is 2.74. The second kappa shape index (κ2) is 6.92. The maximum absolute atomic E-state index is 9.02. The number of hydrogen-bond donors (Lipinski definition) is 0. The quantitative estimate of drug-likeness (QED) is 0.556. The van der Waals surface area contributed by atoms with E-state index in [1.165, 1.54) is 11.8 Å². The molecule has 1 saturated heterocycles. The highest BCUT2D eigenvalue weighted by molar-refractivity contribution is 8.04. The minimum atomic E-state index is -2.43. The van der Waals surface area contributed by atoms with Crippen molar-refractivity contribution in [2.75, 3.05) is 21.3 Å². The van der Waals surface area contributed by atoms with Crippen molar-refractivity contribution in [1.82, 2.24) is 0 Å². The number of rotatable bonds is 6. The topological polar surface area (TPSA) is 51.5 Å². The van der Waals surface area contributed by atoms with Crippen molar-refractivity contribution >= 4 is 20.3 Å². The normalized spacial score (nSPS) is 30.9. The molecule has 0 aromatic heterocycles. The Balaban J connectivity index is 3.18. The predicted molar refractivity (Wildman–Crippen MR) is 75.5 cm³/mol. The van der Waals surface area contributed by atoms with Crippen molar-refractivity contribution < 1.29 is 13.6 Å². The Hall–Kier alpha value is -0.0631. The monoisotopic (exact) mass is 289 g/mol. The van der Waals surface area contributed by atoms with Gasteiger partial charge >= 0.3 is 8.56 Å². The zero-order valence-corrected chi connectivity index (χ0v) is 13.5. The molecule has 2 atom stereocenters. The molecule has 1 aliphatic heterocycles. The molecule has 1 heterocycles. The predicted octanol–water partition coefficient (Wildman–Crippen LogP) is 2.82. The third-order valence-corrected chi connectivity index (χ3v) is 9.62. The molecule has 0 bridgehead atoms. The summed E-state index contributed by atoms with van der Waals surface area (Å²) in [6.07, 6.45) is 3.92. The average Bonchev–Trinajstić information content (AvgIpc) is 2.41. The van der Waals surface area contributed by atoms with E-state index in [4.69, 9.17) is 18.9 Å². The van der Waals surface area contributed by atoms with Gasteiger partial charge in [0.05, 0.1) is 5.25 Å². The molecule has 18 heavy (non-hydrogen) atoms. The maximum Gasteiger partial charge on any atom is 0.371 e. The van der Waals surface area contributed by atoms with Gasteiger partial charge in [0.15, 0.2) is 0 Å². The molecule has 1 rings (SSSR count). The molecule has 0 radical (unpaired) electrons. The number of ether oxygens (including phenoxy) is 1. The Morgan fingerprint density at radius 2 is 2.06 bits per heavy atom. The van der Waals surface area contributed by atoms with E-state index in [1.54, 1.807) is 21.3 Å². The van der Waals surface area contributed by atoms with Crippen LogP contribution >= 0.6 is 11.8 Å². The Morgan fingerprint density at radius 1 is 1.39 bits per heavy atom. The third kappa shape index (κ3) is 2.47. The summed E-state index contributed by atoms with van der Waals surface area (Å²) in [6.45, 7) is 2.13. The van der Waals surface area contributed by atoms with Gasteiger partial charge in [-0.2, -0.15) is 5.26 Å². The molecule has 0 aromatic rings. The van der Waals surface area contributed by atoms with Crippen LogP contribution < -0.4 is 0 Å². The SMILES string of the molecule is CCCC1(OC)C(SC#N)CCC[Si]1(OC)OC. The summed E-state index contributed by atoms with van der Waals surface area (Å²) in [4.78, 5) is 0. The van der Waals surface area contributed by atoms with E-state index in [0.717, 1.165) is 31.7 Å². The van der Waals surface area contributed by atoms with Gasteiger partial charge in [0.25, 0.3) is 0 Å². The van der Waals surface area contributed by atoms with Gasteiger partial charge < -0.3 is 13.6 Å². The minimum absolute atomic E-state index is 0.146. The van der Waals surface area contributed by atoms with Gasteiger partial charge in [-0.3, -0.25) is 0 Å². The van der Waals surface area contributed by atoms with Crippen LogP contribution in [0.15, 0.2) is 0 Å². The maximum atomic E-state index is 9.02. The zero-order chi connectivity index (χ0) is 13.6. The van der Waals surface area contributed by atoms with Gasteiger partial charge in [0.1, 0.15) is 10.6 Å². The Labute approximate surface area is 115 Å². The molecule has 0 N–H and O–H groups in total. The molecular formula is C12H23NO3SSi. The lowest BCUT2D eigenvalue weighted by Gasteiger charge is -2.51. The Bertz CT molecular complexity index is 306. The molecule has 6 heteroatoms. The fraction of sp³-hybridized carbons (Fsp3) is 0.917. The fourth-order valence-electron chi connectivity index (χ4n) is 3.17. The van der Waals surface area contributed by atoms with Crippen LogP contribution in [0, 0.1) is 10.7 Å². The molecule has 4 nitrogen and oxygen atoms in total. The smallest absolute Gasteiger partial charge is 0.371 e. The van der Waals surface area contributed by atoms with E-state index >= 15 is 0 Å². The first-order valence-electron chi connectivity index (χ1n) is 6.36. The number of thiocyanates is 1. The third-order valence-electron chi connectivity index (χ3n) is 3.98. The van der Waals surface area contributed by atoms with Crippen LogP contribution in [0.5, 0.6) is 0 Å². The van der Waals surface area contributed by atoms with Gasteiger partial charge in [0.2, 0.25) is 0 Å². The summed E-state index contributed by atoms with van der Waals surface area (Å²) in [6, 6.07) is 0.941. The highest BCUT2D eigenvalue weighted by atomic mass is 32.2. The van der Waals surface area contributed by atoms with Crippen molar-refractivity contribution in [2.24, 2.45) is 0 Å². The number of nitrogens with zero attached hydrogens (tertiary/aromatic N) is 1. The second-order valence-electron chi connectivity index (χ2n) is 4.59. The molecule has 0 aliphatic carbocycles. The zero-order valence-electron chi connectivity index (χ0n) is 11.7. The minimum Gasteiger partial charge on any atom is -0.396 e. The fourth-order valence-corrected chi connectivity index (χ4v) is 8.64. The van der Waals surface area contributed by atoms with Gasteiger partial charge in [-0.05, 0) is 30.6 Å². The molecule has 1 aliphatic rings. The molecule has 0 saturated carbocycles. The standard InChI is InChI=1S/C12H23NO3SSi/c1-5-8-12(14-2)11(17-10-13)7-6-9-18(12,15-3)16-4/h11H,5-9H2,1-4H3. The van der Waals surface area contributed by atoms with Crippen molar-refractivity contribution in [2.45, 2.75) is 49.1 Å². The van der Waals surface area contributed by atoms with E-state index in [-0.39, 0.29) is 5.25 Å². The summed E-state index contributed by atoms with van der Waals surface area (Å²) in [5.41, 5.74) is 0. The summed E-state index contributed by atoms with van der Waals surface area (Å²) in [5, 5.41) is 11.0. The average molecular weight is 289 g/mol. The van der Waals surface area contributed by atoms with Crippen LogP contribution in [0.25, 0.3) is 0 Å². The van der Waals surface area contributed by atoms with E-state index in [9.17, 15) is 0 Å². The Morgan fingerprint density at radius 3 is 2.50 bits per heavy atom. The first kappa shape index (κ1) is 16.0. The number of nitriles is 1. The highest BCUT2D eigenvalue weighted by Gasteiger charge is 2.63. The Kier molecular flexibility index (Phi) is 6.15. The number of hydrogen-bond acceptors (Lipinski definition) is 5. The molecule has 1 fully saturated rings. The lowest BCUT2D eigenvalue weighted by atomic mass is 10.1. The van der Waals surface area contributed by atoms with E-state index in [1.807, 2.05) is 0 Å². The van der Waals surface area contributed by atoms with E-state index < -0.39 is 13.8 Å². The first-order chi connectivity index (χ1) is 8.66. The van der Waals surface area contributed by atoms with E-state index in [2.05, 4.69) is 12.3 Å². The van der Waals surface area contributed by atoms with Gasteiger partial charge in [-0.1, -0.05) is 19.8 Å². The van der Waals surface area contributed by atoms with E-state index in [0.29, 0.717) is 0 Å². The van der Waals surface area contributed by atoms with Gasteiger partial charge in [-0.15, -0.1) is 0 Å². The van der Waals surface area contributed by atoms with Crippen LogP contribution in [0.1, 0.15) is 32.6 Å². The lowest BCUT2D eigenvalue weighted by molar-refractivity contribution is -0.00997. The van der Waals surface area contributed by atoms with Crippen LogP contribution in [0.4, 0.5) is 0 Å². The first-order valence-corrected chi connectivity index (χ1v) is 9.26. The van der Waals surface area contributed by atoms with Crippen molar-refractivity contribution in [1.29, 1.82) is 5.26 Å². The van der Waals surface area contributed by atoms with Crippen LogP contribution in [-0.2, 0) is 13.6 Å². The van der Waals surface area contributed by atoms with Gasteiger partial charge in [0, 0.05) is 21.3 Å². The summed E-state index contributed by atoms with van der Waals surface area (Å²) in [5.74, 6) is 0. The van der Waals surface area contributed by atoms with Gasteiger partial charge in [-0.25, -0.2) is 0 Å². The molecule has 2 unspecified atom stereocenters. The second-order valence-corrected chi connectivity index (χ2v) is 9.25. The summed E-state index contributed by atoms with van der Waals surface area (Å²) >= 11 is 1.31. The molecule has 0 amide bonds. The van der Waals surface area contributed by atoms with Crippen molar-refractivity contribution in [3.8, 4) is 5.40 Å². The number of thioether (sulfide) groups is 1. The molecule has 104 valence electrons. The summed E-state index contributed by atoms with van der Waals surface area (Å²) < 4.78 is 17.6. The lowest BCUT2D eigenvalue weighted by Crippen LogP contribution is -2.69. The largest absolute Gasteiger partial charge is 0.396 e.